The minimum atomic E-state index is 0.354. The van der Waals surface area contributed by atoms with Gasteiger partial charge in [-0.05, 0) is 31.2 Å². The van der Waals surface area contributed by atoms with Crippen molar-refractivity contribution in [3.63, 3.8) is 0 Å². The van der Waals surface area contributed by atoms with Crippen molar-refractivity contribution in [3.8, 4) is 0 Å². The van der Waals surface area contributed by atoms with E-state index >= 15 is 0 Å². The largest absolute Gasteiger partial charge is 0.389 e. The number of hydrogen-bond donors (Lipinski definition) is 1. The molecule has 2 rings (SSSR count). The summed E-state index contributed by atoms with van der Waals surface area (Å²) in [6, 6.07) is 9.68. The van der Waals surface area contributed by atoms with Gasteiger partial charge in [0.05, 0.1) is 17.8 Å². The average molecular weight is 272 g/mol. The molecular weight excluding hydrogens is 256 g/mol. The maximum Gasteiger partial charge on any atom is 0.138 e. The molecule has 0 aliphatic carbocycles. The fourth-order valence-electron chi connectivity index (χ4n) is 1.90. The van der Waals surface area contributed by atoms with Crippen molar-refractivity contribution in [1.82, 2.24) is 9.97 Å². The number of aromatic nitrogens is 2. The van der Waals surface area contributed by atoms with E-state index in [4.69, 9.17) is 18.0 Å². The first-order chi connectivity index (χ1) is 9.08. The quantitative estimate of drug-likeness (QED) is 0.863. The highest BCUT2D eigenvalue weighted by atomic mass is 32.1. The second kappa shape index (κ2) is 5.75. The summed E-state index contributed by atoms with van der Waals surface area (Å²) in [6.45, 7) is 2.64. The van der Waals surface area contributed by atoms with Crippen LogP contribution in [0, 0.1) is 6.92 Å². The van der Waals surface area contributed by atoms with Crippen LogP contribution in [0.1, 0.15) is 17.0 Å². The van der Waals surface area contributed by atoms with Gasteiger partial charge in [-0.15, -0.1) is 0 Å². The van der Waals surface area contributed by atoms with Gasteiger partial charge in [0.15, 0.2) is 0 Å². The molecule has 0 saturated heterocycles. The molecule has 0 atom stereocenters. The summed E-state index contributed by atoms with van der Waals surface area (Å²) in [5.41, 5.74) is 8.49. The SMILES string of the molecule is Cc1cccc(CN(C)c2ncccc2C(N)=S)n1. The van der Waals surface area contributed by atoms with E-state index in [1.54, 1.807) is 6.20 Å². The van der Waals surface area contributed by atoms with Crippen molar-refractivity contribution in [2.45, 2.75) is 13.5 Å². The number of pyridine rings is 2. The van der Waals surface area contributed by atoms with Crippen LogP contribution in [0.4, 0.5) is 5.82 Å². The molecule has 0 fully saturated rings. The Balaban J connectivity index is 2.25. The van der Waals surface area contributed by atoms with Crippen LogP contribution in [0.15, 0.2) is 36.5 Å². The van der Waals surface area contributed by atoms with Gasteiger partial charge in [-0.3, -0.25) is 4.98 Å². The standard InChI is InChI=1S/C14H16N4S/c1-10-5-3-6-11(17-10)9-18(2)14-12(13(15)19)7-4-8-16-14/h3-8H,9H2,1-2H3,(H2,15,19). The number of nitrogens with two attached hydrogens (primary N) is 1. The van der Waals surface area contributed by atoms with E-state index < -0.39 is 0 Å². The van der Waals surface area contributed by atoms with Gasteiger partial charge in [-0.25, -0.2) is 4.98 Å². The Labute approximate surface area is 118 Å². The third-order valence-corrected chi connectivity index (χ3v) is 2.98. The minimum absolute atomic E-state index is 0.354. The Kier molecular flexibility index (Phi) is 4.06. The molecule has 98 valence electrons. The second-order valence-electron chi connectivity index (χ2n) is 4.37. The Morgan fingerprint density at radius 2 is 2.11 bits per heavy atom. The molecule has 2 aromatic heterocycles. The Morgan fingerprint density at radius 1 is 1.32 bits per heavy atom. The van der Waals surface area contributed by atoms with Gasteiger partial charge >= 0.3 is 0 Å². The lowest BCUT2D eigenvalue weighted by Gasteiger charge is -2.20. The topological polar surface area (TPSA) is 55.0 Å². The van der Waals surface area contributed by atoms with Gasteiger partial charge in [0.25, 0.3) is 0 Å². The Bertz CT molecular complexity index is 598. The molecule has 0 saturated carbocycles. The van der Waals surface area contributed by atoms with Crippen LogP contribution in [-0.2, 0) is 6.54 Å². The second-order valence-corrected chi connectivity index (χ2v) is 4.81. The summed E-state index contributed by atoms with van der Waals surface area (Å²) in [5.74, 6) is 0.776. The van der Waals surface area contributed by atoms with Crippen LogP contribution in [0.2, 0.25) is 0 Å². The number of nitrogens with zero attached hydrogens (tertiary/aromatic N) is 3. The van der Waals surface area contributed by atoms with Gasteiger partial charge in [-0.1, -0.05) is 18.3 Å². The number of anilines is 1. The van der Waals surface area contributed by atoms with Crippen LogP contribution < -0.4 is 10.6 Å². The first-order valence-corrected chi connectivity index (χ1v) is 6.37. The van der Waals surface area contributed by atoms with Crippen molar-refractivity contribution < 1.29 is 0 Å². The highest BCUT2D eigenvalue weighted by Gasteiger charge is 2.11. The number of thiocarbonyl (C=S) groups is 1. The summed E-state index contributed by atoms with van der Waals surface area (Å²) in [6.07, 6.45) is 1.73. The van der Waals surface area contributed by atoms with E-state index in [2.05, 4.69) is 9.97 Å². The summed E-state index contributed by atoms with van der Waals surface area (Å²) < 4.78 is 0. The Morgan fingerprint density at radius 3 is 2.79 bits per heavy atom. The first-order valence-electron chi connectivity index (χ1n) is 5.96. The summed E-state index contributed by atoms with van der Waals surface area (Å²) >= 11 is 5.05. The highest BCUT2D eigenvalue weighted by Crippen LogP contribution is 2.17. The van der Waals surface area contributed by atoms with Crippen LogP contribution in [0.3, 0.4) is 0 Å². The molecule has 0 spiro atoms. The molecule has 5 heteroatoms. The number of aryl methyl sites for hydroxylation is 1. The molecular formula is C14H16N4S. The van der Waals surface area contributed by atoms with Crippen molar-refractivity contribution in [2.24, 2.45) is 5.73 Å². The van der Waals surface area contributed by atoms with Crippen molar-refractivity contribution in [3.05, 3.63) is 53.5 Å². The van der Waals surface area contributed by atoms with E-state index in [-0.39, 0.29) is 0 Å². The van der Waals surface area contributed by atoms with Crippen molar-refractivity contribution in [2.75, 3.05) is 11.9 Å². The maximum atomic E-state index is 5.72. The fourth-order valence-corrected chi connectivity index (χ4v) is 2.06. The zero-order valence-electron chi connectivity index (χ0n) is 11.0. The van der Waals surface area contributed by atoms with Crippen molar-refractivity contribution in [1.29, 1.82) is 0 Å². The van der Waals surface area contributed by atoms with Gasteiger partial charge in [0.2, 0.25) is 0 Å². The molecule has 0 unspecified atom stereocenters. The van der Waals surface area contributed by atoms with Gasteiger partial charge < -0.3 is 10.6 Å². The highest BCUT2D eigenvalue weighted by molar-refractivity contribution is 7.80. The summed E-state index contributed by atoms with van der Waals surface area (Å²) in [7, 11) is 1.95. The molecule has 19 heavy (non-hydrogen) atoms. The van der Waals surface area contributed by atoms with Crippen LogP contribution >= 0.6 is 12.2 Å². The molecule has 0 aliphatic rings. The van der Waals surface area contributed by atoms with E-state index in [1.807, 2.05) is 49.2 Å². The predicted octanol–water partition coefficient (Wildman–Crippen LogP) is 2.06. The lowest BCUT2D eigenvalue weighted by Crippen LogP contribution is -2.23. The molecule has 2 aromatic rings. The molecule has 0 aliphatic heterocycles. The first kappa shape index (κ1) is 13.4. The third-order valence-electron chi connectivity index (χ3n) is 2.76. The van der Waals surface area contributed by atoms with Gasteiger partial charge in [-0.2, -0.15) is 0 Å². The molecule has 2 N–H and O–H groups in total. The lowest BCUT2D eigenvalue weighted by molar-refractivity contribution is 0.858. The van der Waals surface area contributed by atoms with E-state index in [9.17, 15) is 0 Å². The summed E-state index contributed by atoms with van der Waals surface area (Å²) in [5, 5.41) is 0. The average Bonchev–Trinajstić information content (AvgIpc) is 2.38. The third kappa shape index (κ3) is 3.26. The van der Waals surface area contributed by atoms with Gasteiger partial charge in [0, 0.05) is 18.9 Å². The van der Waals surface area contributed by atoms with Crippen LogP contribution in [0.5, 0.6) is 0 Å². The smallest absolute Gasteiger partial charge is 0.138 e. The minimum Gasteiger partial charge on any atom is -0.389 e. The molecule has 4 nitrogen and oxygen atoms in total. The van der Waals surface area contributed by atoms with Gasteiger partial charge in [0.1, 0.15) is 10.8 Å². The molecule has 0 bridgehead atoms. The normalized spacial score (nSPS) is 10.2. The van der Waals surface area contributed by atoms with E-state index in [0.29, 0.717) is 11.5 Å². The maximum absolute atomic E-state index is 5.72. The number of hydrogen-bond acceptors (Lipinski definition) is 4. The van der Waals surface area contributed by atoms with E-state index in [1.165, 1.54) is 0 Å². The molecule has 0 aromatic carbocycles. The van der Waals surface area contributed by atoms with Crippen LogP contribution in [-0.4, -0.2) is 22.0 Å². The molecule has 0 radical (unpaired) electrons. The zero-order valence-corrected chi connectivity index (χ0v) is 11.8. The lowest BCUT2D eigenvalue weighted by atomic mass is 10.2. The Hall–Kier alpha value is -2.01. The monoisotopic (exact) mass is 272 g/mol. The predicted molar refractivity (Wildman–Crippen MR) is 81.2 cm³/mol. The zero-order chi connectivity index (χ0) is 13.8. The van der Waals surface area contributed by atoms with Crippen molar-refractivity contribution >= 4 is 23.0 Å². The number of rotatable bonds is 4. The van der Waals surface area contributed by atoms with E-state index in [0.717, 1.165) is 22.8 Å². The fraction of sp³-hybridized carbons (Fsp3) is 0.214. The van der Waals surface area contributed by atoms with Crippen LogP contribution in [0.25, 0.3) is 0 Å². The molecule has 0 amide bonds. The summed E-state index contributed by atoms with van der Waals surface area (Å²) in [4.78, 5) is 11.2. The molecule has 2 heterocycles.